The molecule has 0 bridgehead atoms. The van der Waals surface area contributed by atoms with Crippen molar-refractivity contribution in [3.63, 3.8) is 0 Å². The summed E-state index contributed by atoms with van der Waals surface area (Å²) in [7, 11) is 0. The molecule has 4 nitrogen and oxygen atoms in total. The van der Waals surface area contributed by atoms with E-state index in [1.165, 1.54) is 10.8 Å². The van der Waals surface area contributed by atoms with E-state index in [-0.39, 0.29) is 13.0 Å². The zero-order chi connectivity index (χ0) is 15.5. The van der Waals surface area contributed by atoms with E-state index in [0.29, 0.717) is 6.54 Å². The predicted octanol–water partition coefficient (Wildman–Crippen LogP) is 2.66. The minimum Gasteiger partial charge on any atom is -0.480 e. The fraction of sp³-hybridized carbons (Fsp3) is 0.353. The van der Waals surface area contributed by atoms with Crippen molar-refractivity contribution in [2.24, 2.45) is 0 Å². The number of carboxylic acid groups (broad SMARTS) is 1. The van der Waals surface area contributed by atoms with Gasteiger partial charge in [0.2, 0.25) is 0 Å². The number of aliphatic hydroxyl groups is 1. The van der Waals surface area contributed by atoms with Crippen molar-refractivity contribution in [3.8, 4) is 0 Å². The van der Waals surface area contributed by atoms with Gasteiger partial charge in [0.05, 0.1) is 0 Å². The van der Waals surface area contributed by atoms with E-state index >= 15 is 0 Å². The van der Waals surface area contributed by atoms with E-state index in [1.54, 1.807) is 0 Å². The Morgan fingerprint density at radius 3 is 1.90 bits per heavy atom. The Morgan fingerprint density at radius 1 is 1.10 bits per heavy atom. The Morgan fingerprint density at radius 2 is 1.57 bits per heavy atom. The number of fused-ring (bicyclic) bond motifs is 1. The molecule has 0 aliphatic rings. The maximum absolute atomic E-state index is 10.4. The molecule has 0 aliphatic carbocycles. The van der Waals surface area contributed by atoms with Gasteiger partial charge in [0.15, 0.2) is 0 Å². The molecular weight excluding hydrogens is 266 g/mol. The van der Waals surface area contributed by atoms with Crippen molar-refractivity contribution in [2.45, 2.75) is 25.8 Å². The van der Waals surface area contributed by atoms with Crippen LogP contribution in [0.1, 0.15) is 19.8 Å². The Bertz CT molecular complexity index is 477. The number of aliphatic hydroxyl groups excluding tert-OH is 1. The van der Waals surface area contributed by atoms with Crippen molar-refractivity contribution < 1.29 is 15.0 Å². The van der Waals surface area contributed by atoms with Gasteiger partial charge in [-0.15, -0.1) is 0 Å². The van der Waals surface area contributed by atoms with Gasteiger partial charge >= 0.3 is 5.97 Å². The zero-order valence-electron chi connectivity index (χ0n) is 12.3. The summed E-state index contributed by atoms with van der Waals surface area (Å²) in [5.74, 6) is -0.896. The quantitative estimate of drug-likeness (QED) is 0.764. The molecule has 0 amide bonds. The maximum atomic E-state index is 10.4. The average Bonchev–Trinajstić information content (AvgIpc) is 2.52. The molecule has 0 aromatic heterocycles. The fourth-order valence-corrected chi connectivity index (χ4v) is 1.89. The largest absolute Gasteiger partial charge is 0.480 e. The molecule has 1 atom stereocenters. The number of carboxylic acids is 1. The fourth-order valence-electron chi connectivity index (χ4n) is 1.89. The Hall–Kier alpha value is -1.91. The Kier molecular flexibility index (Phi) is 8.09. The summed E-state index contributed by atoms with van der Waals surface area (Å²) in [6.45, 7) is 2.55. The third kappa shape index (κ3) is 6.38. The molecule has 114 valence electrons. The van der Waals surface area contributed by atoms with Gasteiger partial charge in [0.25, 0.3) is 0 Å². The first-order chi connectivity index (χ1) is 10.2. The van der Waals surface area contributed by atoms with E-state index in [1.807, 2.05) is 6.92 Å². The summed E-state index contributed by atoms with van der Waals surface area (Å²) in [4.78, 5) is 10.4. The van der Waals surface area contributed by atoms with Gasteiger partial charge in [-0.1, -0.05) is 55.5 Å². The van der Waals surface area contributed by atoms with E-state index in [4.69, 9.17) is 10.2 Å². The lowest BCUT2D eigenvalue weighted by Crippen LogP contribution is -2.37. The number of aliphatic carboxylic acids is 1. The molecule has 3 N–H and O–H groups in total. The molecule has 0 fully saturated rings. The minimum atomic E-state index is -0.896. The number of hydrogen-bond donors (Lipinski definition) is 3. The molecule has 0 radical (unpaired) electrons. The number of benzene rings is 2. The summed E-state index contributed by atoms with van der Waals surface area (Å²) in [5.41, 5.74) is 0. The van der Waals surface area contributed by atoms with Crippen LogP contribution in [0.2, 0.25) is 0 Å². The molecule has 0 saturated carbocycles. The minimum absolute atomic E-state index is 0.0896. The van der Waals surface area contributed by atoms with Crippen LogP contribution in [0.5, 0.6) is 0 Å². The Labute approximate surface area is 125 Å². The highest BCUT2D eigenvalue weighted by molar-refractivity contribution is 5.82. The second-order valence-electron chi connectivity index (χ2n) is 4.70. The van der Waals surface area contributed by atoms with Crippen LogP contribution in [0.15, 0.2) is 48.5 Å². The lowest BCUT2D eigenvalue weighted by molar-refractivity contribution is -0.139. The summed E-state index contributed by atoms with van der Waals surface area (Å²) in [6, 6.07) is 16.1. The molecule has 0 saturated heterocycles. The molecule has 4 heteroatoms. The van der Waals surface area contributed by atoms with Crippen molar-refractivity contribution in [3.05, 3.63) is 48.5 Å². The summed E-state index contributed by atoms with van der Waals surface area (Å²) >= 11 is 0. The SMILES string of the molecule is CCCN[C@@H](CCO)C(=O)O.c1ccc2ccccc2c1. The summed E-state index contributed by atoms with van der Waals surface area (Å²) in [6.07, 6.45) is 1.17. The van der Waals surface area contributed by atoms with Crippen molar-refractivity contribution in [1.29, 1.82) is 0 Å². The molecule has 0 heterocycles. The monoisotopic (exact) mass is 289 g/mol. The van der Waals surface area contributed by atoms with E-state index in [9.17, 15) is 4.79 Å². The van der Waals surface area contributed by atoms with Crippen molar-refractivity contribution in [1.82, 2.24) is 5.32 Å². The van der Waals surface area contributed by atoms with Crippen LogP contribution in [-0.4, -0.2) is 35.4 Å². The topological polar surface area (TPSA) is 69.6 Å². The Balaban J connectivity index is 0.000000210. The highest BCUT2D eigenvalue weighted by Crippen LogP contribution is 2.11. The van der Waals surface area contributed by atoms with Gasteiger partial charge in [-0.3, -0.25) is 4.79 Å². The number of nitrogens with one attached hydrogen (secondary N) is 1. The second-order valence-corrected chi connectivity index (χ2v) is 4.70. The van der Waals surface area contributed by atoms with Crippen LogP contribution in [0.3, 0.4) is 0 Å². The third-order valence-corrected chi connectivity index (χ3v) is 3.02. The number of hydrogen-bond acceptors (Lipinski definition) is 3. The van der Waals surface area contributed by atoms with Crippen LogP contribution in [0.4, 0.5) is 0 Å². The summed E-state index contributed by atoms with van der Waals surface area (Å²) in [5, 5.41) is 22.5. The molecule has 2 rings (SSSR count). The molecule has 0 spiro atoms. The van der Waals surface area contributed by atoms with E-state index < -0.39 is 12.0 Å². The molecular formula is C17H23NO3. The first kappa shape index (κ1) is 17.1. The second kappa shape index (κ2) is 9.91. The smallest absolute Gasteiger partial charge is 0.320 e. The third-order valence-electron chi connectivity index (χ3n) is 3.02. The number of carbonyl (C=O) groups is 1. The van der Waals surface area contributed by atoms with E-state index in [2.05, 4.69) is 53.8 Å². The van der Waals surface area contributed by atoms with Gasteiger partial charge in [-0.25, -0.2) is 0 Å². The van der Waals surface area contributed by atoms with Crippen LogP contribution in [-0.2, 0) is 4.79 Å². The van der Waals surface area contributed by atoms with Gasteiger partial charge in [-0.05, 0) is 30.2 Å². The van der Waals surface area contributed by atoms with Crippen LogP contribution >= 0.6 is 0 Å². The summed E-state index contributed by atoms with van der Waals surface area (Å²) < 4.78 is 0. The van der Waals surface area contributed by atoms with Crippen molar-refractivity contribution >= 4 is 16.7 Å². The zero-order valence-corrected chi connectivity index (χ0v) is 12.3. The maximum Gasteiger partial charge on any atom is 0.320 e. The van der Waals surface area contributed by atoms with Crippen LogP contribution in [0.25, 0.3) is 10.8 Å². The standard InChI is InChI=1S/C10H8.C7H15NO3/c1-2-6-10-8-4-3-7-9(10)5-1;1-2-4-8-6(3-5-9)7(10)11/h1-8H;6,8-9H,2-5H2,1H3,(H,10,11)/t;6-/m.0/s1. The molecule has 21 heavy (non-hydrogen) atoms. The molecule has 0 unspecified atom stereocenters. The molecule has 2 aromatic carbocycles. The van der Waals surface area contributed by atoms with Crippen LogP contribution in [0, 0.1) is 0 Å². The normalized spacial score (nSPS) is 11.5. The van der Waals surface area contributed by atoms with Crippen LogP contribution < -0.4 is 5.32 Å². The van der Waals surface area contributed by atoms with Gasteiger partial charge in [0.1, 0.15) is 6.04 Å². The van der Waals surface area contributed by atoms with Gasteiger partial charge < -0.3 is 15.5 Å². The predicted molar refractivity (Wildman–Crippen MR) is 85.4 cm³/mol. The highest BCUT2D eigenvalue weighted by Gasteiger charge is 2.14. The first-order valence-corrected chi connectivity index (χ1v) is 7.19. The number of rotatable bonds is 6. The lowest BCUT2D eigenvalue weighted by atomic mass is 10.1. The molecule has 2 aromatic rings. The van der Waals surface area contributed by atoms with E-state index in [0.717, 1.165) is 6.42 Å². The molecule has 0 aliphatic heterocycles. The lowest BCUT2D eigenvalue weighted by Gasteiger charge is -2.11. The van der Waals surface area contributed by atoms with Crippen molar-refractivity contribution in [2.75, 3.05) is 13.2 Å². The first-order valence-electron chi connectivity index (χ1n) is 7.19. The van der Waals surface area contributed by atoms with Gasteiger partial charge in [-0.2, -0.15) is 0 Å². The average molecular weight is 289 g/mol. The highest BCUT2D eigenvalue weighted by atomic mass is 16.4. The van der Waals surface area contributed by atoms with Gasteiger partial charge in [0, 0.05) is 6.61 Å².